The molecule has 0 atom stereocenters. The standard InChI is InChI=1S/C8H6O4/c1-11-7(9)5-3-4-6-8(10)12-2/h1-2H3. The quantitative estimate of drug-likeness (QED) is 0.272. The van der Waals surface area contributed by atoms with E-state index in [9.17, 15) is 9.59 Å². The number of carbonyl (C=O) groups is 2. The predicted molar refractivity (Wildman–Crippen MR) is 39.6 cm³/mol. The zero-order valence-corrected chi connectivity index (χ0v) is 6.63. The average Bonchev–Trinajstić information content (AvgIpc) is 2.11. The number of rotatable bonds is 0. The molecular formula is C8H6O4. The molecule has 0 unspecified atom stereocenters. The van der Waals surface area contributed by atoms with E-state index < -0.39 is 11.9 Å². The van der Waals surface area contributed by atoms with Gasteiger partial charge >= 0.3 is 11.9 Å². The molecule has 0 saturated carbocycles. The van der Waals surface area contributed by atoms with Crippen molar-refractivity contribution < 1.29 is 19.1 Å². The first-order chi connectivity index (χ1) is 5.70. The van der Waals surface area contributed by atoms with Crippen molar-refractivity contribution >= 4 is 11.9 Å². The largest absolute Gasteiger partial charge is 0.459 e. The van der Waals surface area contributed by atoms with E-state index in [1.54, 1.807) is 0 Å². The Hall–Kier alpha value is -1.94. The van der Waals surface area contributed by atoms with Gasteiger partial charge in [-0.1, -0.05) is 0 Å². The zero-order chi connectivity index (χ0) is 9.40. The summed E-state index contributed by atoms with van der Waals surface area (Å²) in [6.07, 6.45) is 0. The summed E-state index contributed by atoms with van der Waals surface area (Å²) in [6, 6.07) is 0. The van der Waals surface area contributed by atoms with Crippen LogP contribution in [0.4, 0.5) is 0 Å². The lowest BCUT2D eigenvalue weighted by Crippen LogP contribution is -1.95. The fourth-order valence-electron chi connectivity index (χ4n) is 0.267. The van der Waals surface area contributed by atoms with Crippen LogP contribution in [0.5, 0.6) is 0 Å². The first kappa shape index (κ1) is 10.1. The van der Waals surface area contributed by atoms with E-state index in [-0.39, 0.29) is 0 Å². The van der Waals surface area contributed by atoms with Crippen LogP contribution in [0.3, 0.4) is 0 Å². The summed E-state index contributed by atoms with van der Waals surface area (Å²) in [6.45, 7) is 0. The molecule has 12 heavy (non-hydrogen) atoms. The topological polar surface area (TPSA) is 52.6 Å². The minimum absolute atomic E-state index is 0.700. The lowest BCUT2D eigenvalue weighted by atomic mass is 10.5. The maximum Gasteiger partial charge on any atom is 0.385 e. The van der Waals surface area contributed by atoms with Crippen molar-refractivity contribution in [3.8, 4) is 23.7 Å². The minimum Gasteiger partial charge on any atom is -0.459 e. The fraction of sp³-hybridized carbons (Fsp3) is 0.250. The molecule has 0 aliphatic carbocycles. The number of ether oxygens (including phenoxy) is 2. The first-order valence-corrected chi connectivity index (χ1v) is 2.88. The molecule has 0 amide bonds. The highest BCUT2D eigenvalue weighted by Crippen LogP contribution is 1.68. The Morgan fingerprint density at radius 3 is 1.50 bits per heavy atom. The third-order valence-electron chi connectivity index (χ3n) is 0.762. The molecule has 0 fully saturated rings. The SMILES string of the molecule is COC(=O)C#CC#CC(=O)OC. The predicted octanol–water partition coefficient (Wildman–Crippen LogP) is -0.661. The molecule has 0 aromatic rings. The van der Waals surface area contributed by atoms with Crippen molar-refractivity contribution in [3.63, 3.8) is 0 Å². The second kappa shape index (κ2) is 5.82. The molecular weight excluding hydrogens is 160 g/mol. The summed E-state index contributed by atoms with van der Waals surface area (Å²) in [4.78, 5) is 20.7. The van der Waals surface area contributed by atoms with Crippen LogP contribution in [0.2, 0.25) is 0 Å². The summed E-state index contributed by atoms with van der Waals surface area (Å²) in [5, 5.41) is 0. The number of carbonyl (C=O) groups excluding carboxylic acids is 2. The smallest absolute Gasteiger partial charge is 0.385 e. The Morgan fingerprint density at radius 2 is 1.25 bits per heavy atom. The van der Waals surface area contributed by atoms with Crippen molar-refractivity contribution in [3.05, 3.63) is 0 Å². The van der Waals surface area contributed by atoms with Gasteiger partial charge in [0.1, 0.15) is 0 Å². The maximum absolute atomic E-state index is 10.3. The third kappa shape index (κ3) is 4.89. The summed E-state index contributed by atoms with van der Waals surface area (Å²) >= 11 is 0. The van der Waals surface area contributed by atoms with E-state index in [4.69, 9.17) is 0 Å². The van der Waals surface area contributed by atoms with Gasteiger partial charge in [-0.25, -0.2) is 9.59 Å². The zero-order valence-electron chi connectivity index (χ0n) is 6.63. The molecule has 62 valence electrons. The summed E-state index contributed by atoms with van der Waals surface area (Å²) in [5.74, 6) is 6.87. The fourth-order valence-corrected chi connectivity index (χ4v) is 0.267. The molecule has 0 radical (unpaired) electrons. The van der Waals surface area contributed by atoms with E-state index in [1.807, 2.05) is 11.8 Å². The Morgan fingerprint density at radius 1 is 0.917 bits per heavy atom. The molecule has 4 heteroatoms. The van der Waals surface area contributed by atoms with Gasteiger partial charge in [-0.3, -0.25) is 0 Å². The van der Waals surface area contributed by atoms with Gasteiger partial charge in [0.2, 0.25) is 0 Å². The highest BCUT2D eigenvalue weighted by atomic mass is 16.5. The van der Waals surface area contributed by atoms with Crippen LogP contribution in [0.15, 0.2) is 0 Å². The normalized spacial score (nSPS) is 6.50. The van der Waals surface area contributed by atoms with Crippen molar-refractivity contribution in [2.75, 3.05) is 14.2 Å². The second-order valence-corrected chi connectivity index (χ2v) is 1.48. The monoisotopic (exact) mass is 166 g/mol. The lowest BCUT2D eigenvalue weighted by molar-refractivity contribution is -0.134. The van der Waals surface area contributed by atoms with Crippen LogP contribution in [0, 0.1) is 23.7 Å². The summed E-state index contributed by atoms with van der Waals surface area (Å²) in [7, 11) is 2.40. The molecule has 0 N–H and O–H groups in total. The summed E-state index contributed by atoms with van der Waals surface area (Å²) in [5.41, 5.74) is 0. The van der Waals surface area contributed by atoms with E-state index in [1.165, 1.54) is 14.2 Å². The van der Waals surface area contributed by atoms with Crippen LogP contribution in [-0.2, 0) is 19.1 Å². The molecule has 0 saturated heterocycles. The van der Waals surface area contributed by atoms with E-state index in [0.29, 0.717) is 0 Å². The molecule has 0 aliphatic heterocycles. The Bertz CT molecular complexity index is 262. The molecule has 0 aliphatic rings. The average molecular weight is 166 g/mol. The number of esters is 2. The van der Waals surface area contributed by atoms with Gasteiger partial charge in [0.05, 0.1) is 14.2 Å². The van der Waals surface area contributed by atoms with Gasteiger partial charge in [-0.05, 0) is 11.8 Å². The van der Waals surface area contributed by atoms with Crippen LogP contribution < -0.4 is 0 Å². The lowest BCUT2D eigenvalue weighted by Gasteiger charge is -1.82. The first-order valence-electron chi connectivity index (χ1n) is 2.88. The molecule has 0 rings (SSSR count). The maximum atomic E-state index is 10.3. The highest BCUT2D eigenvalue weighted by Gasteiger charge is 1.88. The van der Waals surface area contributed by atoms with E-state index in [2.05, 4.69) is 21.3 Å². The number of methoxy groups -OCH3 is 2. The Labute approximate surface area is 69.8 Å². The van der Waals surface area contributed by atoms with E-state index in [0.717, 1.165) is 0 Å². The molecule has 0 heterocycles. The third-order valence-corrected chi connectivity index (χ3v) is 0.762. The van der Waals surface area contributed by atoms with Gasteiger partial charge in [0.15, 0.2) is 0 Å². The molecule has 0 aromatic carbocycles. The van der Waals surface area contributed by atoms with Gasteiger partial charge in [0.25, 0.3) is 0 Å². The van der Waals surface area contributed by atoms with Crippen LogP contribution in [0.25, 0.3) is 0 Å². The van der Waals surface area contributed by atoms with Crippen LogP contribution in [-0.4, -0.2) is 26.2 Å². The summed E-state index contributed by atoms with van der Waals surface area (Å²) < 4.78 is 8.37. The van der Waals surface area contributed by atoms with Crippen molar-refractivity contribution in [2.24, 2.45) is 0 Å². The molecule has 0 bridgehead atoms. The van der Waals surface area contributed by atoms with Crippen LogP contribution >= 0.6 is 0 Å². The van der Waals surface area contributed by atoms with Gasteiger partial charge in [-0.2, -0.15) is 0 Å². The van der Waals surface area contributed by atoms with Crippen molar-refractivity contribution in [1.29, 1.82) is 0 Å². The molecule has 0 spiro atoms. The Kier molecular flexibility index (Phi) is 4.88. The van der Waals surface area contributed by atoms with Gasteiger partial charge in [0, 0.05) is 11.8 Å². The van der Waals surface area contributed by atoms with E-state index >= 15 is 0 Å². The van der Waals surface area contributed by atoms with Crippen molar-refractivity contribution in [1.82, 2.24) is 0 Å². The van der Waals surface area contributed by atoms with Crippen LogP contribution in [0.1, 0.15) is 0 Å². The van der Waals surface area contributed by atoms with Gasteiger partial charge < -0.3 is 9.47 Å². The number of hydrogen-bond donors (Lipinski definition) is 0. The van der Waals surface area contributed by atoms with Crippen molar-refractivity contribution in [2.45, 2.75) is 0 Å². The number of hydrogen-bond acceptors (Lipinski definition) is 4. The van der Waals surface area contributed by atoms with Gasteiger partial charge in [-0.15, -0.1) is 0 Å². The highest BCUT2D eigenvalue weighted by molar-refractivity contribution is 5.91. The molecule has 4 nitrogen and oxygen atoms in total. The minimum atomic E-state index is -0.700. The molecule has 0 aromatic heterocycles. The Balaban J connectivity index is 4.06. The second-order valence-electron chi connectivity index (χ2n) is 1.48.